The Morgan fingerprint density at radius 2 is 1.71 bits per heavy atom. The van der Waals surface area contributed by atoms with Gasteiger partial charge in [-0.3, -0.25) is 0 Å². The molecule has 2 aromatic rings. The molecule has 0 aromatic heterocycles. The van der Waals surface area contributed by atoms with Gasteiger partial charge in [0.05, 0.1) is 0 Å². The normalized spacial score (nSPS) is 11.2. The molecule has 110 valence electrons. The summed E-state index contributed by atoms with van der Waals surface area (Å²) in [7, 11) is 0. The first-order chi connectivity index (χ1) is 9.96. The lowest BCUT2D eigenvalue weighted by atomic mass is 9.88. The third kappa shape index (κ3) is 5.11. The Hall–Kier alpha value is -2.02. The summed E-state index contributed by atoms with van der Waals surface area (Å²) in [6, 6.07) is 16.7. The van der Waals surface area contributed by atoms with E-state index in [1.807, 2.05) is 12.1 Å². The topological polar surface area (TPSA) is 9.23 Å². The molecular formula is C20H24O. The predicted octanol–water partition coefficient (Wildman–Crippen LogP) is 5.50. The molecule has 0 aliphatic heterocycles. The number of hydrogen-bond donors (Lipinski definition) is 0. The van der Waals surface area contributed by atoms with E-state index in [0.717, 1.165) is 17.7 Å². The Kier molecular flexibility index (Phi) is 4.85. The van der Waals surface area contributed by atoms with E-state index in [1.54, 1.807) is 0 Å². The molecule has 0 heterocycles. The minimum absolute atomic E-state index is 0.291. The standard InChI is InChI=1S/C20H24O/c1-5-16-9-11-17(12-10-16)15-21-19-8-6-7-18(13-19)14-20(2,3)4/h5-13H,1,14-15H2,2-4H3. The zero-order chi connectivity index (χ0) is 15.3. The van der Waals surface area contributed by atoms with Crippen molar-refractivity contribution in [3.63, 3.8) is 0 Å². The van der Waals surface area contributed by atoms with Gasteiger partial charge in [0.25, 0.3) is 0 Å². The van der Waals surface area contributed by atoms with E-state index in [0.29, 0.717) is 12.0 Å². The minimum atomic E-state index is 0.291. The Morgan fingerprint density at radius 1 is 1.00 bits per heavy atom. The molecule has 0 aliphatic rings. The molecule has 2 aromatic carbocycles. The van der Waals surface area contributed by atoms with Gasteiger partial charge < -0.3 is 4.74 Å². The van der Waals surface area contributed by atoms with Crippen molar-refractivity contribution < 1.29 is 4.74 Å². The molecular weight excluding hydrogens is 256 g/mol. The van der Waals surface area contributed by atoms with Crippen molar-refractivity contribution in [2.24, 2.45) is 5.41 Å². The molecule has 0 atom stereocenters. The zero-order valence-corrected chi connectivity index (χ0v) is 13.2. The van der Waals surface area contributed by atoms with Crippen LogP contribution in [0.1, 0.15) is 37.5 Å². The first-order valence-corrected chi connectivity index (χ1v) is 7.39. The van der Waals surface area contributed by atoms with Crippen LogP contribution in [0, 0.1) is 5.41 Å². The van der Waals surface area contributed by atoms with E-state index in [4.69, 9.17) is 4.74 Å². The van der Waals surface area contributed by atoms with Crippen LogP contribution in [0.5, 0.6) is 5.75 Å². The van der Waals surface area contributed by atoms with E-state index in [1.165, 1.54) is 11.1 Å². The first-order valence-electron chi connectivity index (χ1n) is 7.39. The van der Waals surface area contributed by atoms with Crippen LogP contribution in [0.2, 0.25) is 0 Å². The Labute approximate surface area is 128 Å². The fourth-order valence-electron chi connectivity index (χ4n) is 2.27. The molecule has 2 rings (SSSR count). The summed E-state index contributed by atoms with van der Waals surface area (Å²) < 4.78 is 5.89. The molecule has 0 bridgehead atoms. The highest BCUT2D eigenvalue weighted by Gasteiger charge is 2.11. The molecule has 0 N–H and O–H groups in total. The summed E-state index contributed by atoms with van der Waals surface area (Å²) in [5.41, 5.74) is 3.91. The average Bonchev–Trinajstić information content (AvgIpc) is 2.44. The van der Waals surface area contributed by atoms with Crippen LogP contribution in [-0.2, 0) is 13.0 Å². The molecule has 1 nitrogen and oxygen atoms in total. The highest BCUT2D eigenvalue weighted by atomic mass is 16.5. The van der Waals surface area contributed by atoms with Crippen LogP contribution in [0.4, 0.5) is 0 Å². The maximum atomic E-state index is 5.89. The van der Waals surface area contributed by atoms with E-state index in [-0.39, 0.29) is 0 Å². The van der Waals surface area contributed by atoms with E-state index in [2.05, 4.69) is 69.8 Å². The molecule has 0 radical (unpaired) electrons. The van der Waals surface area contributed by atoms with Crippen molar-refractivity contribution in [2.75, 3.05) is 0 Å². The van der Waals surface area contributed by atoms with Crippen molar-refractivity contribution in [3.8, 4) is 5.75 Å². The largest absolute Gasteiger partial charge is 0.489 e. The maximum Gasteiger partial charge on any atom is 0.120 e. The highest BCUT2D eigenvalue weighted by molar-refractivity contribution is 5.47. The molecule has 0 saturated heterocycles. The van der Waals surface area contributed by atoms with Gasteiger partial charge in [-0.2, -0.15) is 0 Å². The second-order valence-electron chi connectivity index (χ2n) is 6.62. The van der Waals surface area contributed by atoms with Gasteiger partial charge in [-0.15, -0.1) is 0 Å². The first kappa shape index (κ1) is 15.4. The van der Waals surface area contributed by atoms with E-state index < -0.39 is 0 Å². The van der Waals surface area contributed by atoms with Gasteiger partial charge in [0.15, 0.2) is 0 Å². The highest BCUT2D eigenvalue weighted by Crippen LogP contribution is 2.23. The smallest absolute Gasteiger partial charge is 0.120 e. The summed E-state index contributed by atoms with van der Waals surface area (Å²) in [5.74, 6) is 0.935. The summed E-state index contributed by atoms with van der Waals surface area (Å²) in [4.78, 5) is 0. The maximum absolute atomic E-state index is 5.89. The van der Waals surface area contributed by atoms with Crippen LogP contribution >= 0.6 is 0 Å². The van der Waals surface area contributed by atoms with E-state index >= 15 is 0 Å². The minimum Gasteiger partial charge on any atom is -0.489 e. The Balaban J connectivity index is 1.99. The van der Waals surface area contributed by atoms with E-state index in [9.17, 15) is 0 Å². The zero-order valence-electron chi connectivity index (χ0n) is 13.2. The van der Waals surface area contributed by atoms with Gasteiger partial charge in [0.2, 0.25) is 0 Å². The molecule has 1 heteroatoms. The lowest BCUT2D eigenvalue weighted by Gasteiger charge is -2.18. The second kappa shape index (κ2) is 6.62. The molecule has 0 aliphatic carbocycles. The van der Waals surface area contributed by atoms with Gasteiger partial charge >= 0.3 is 0 Å². The fourth-order valence-corrected chi connectivity index (χ4v) is 2.27. The summed E-state index contributed by atoms with van der Waals surface area (Å²) in [6.45, 7) is 11.1. The third-order valence-corrected chi connectivity index (χ3v) is 3.25. The van der Waals surface area contributed by atoms with Crippen molar-refractivity contribution >= 4 is 6.08 Å². The number of benzene rings is 2. The van der Waals surface area contributed by atoms with Gasteiger partial charge in [0, 0.05) is 0 Å². The Morgan fingerprint density at radius 3 is 2.33 bits per heavy atom. The summed E-state index contributed by atoms with van der Waals surface area (Å²) in [5, 5.41) is 0. The number of hydrogen-bond acceptors (Lipinski definition) is 1. The summed E-state index contributed by atoms with van der Waals surface area (Å²) in [6.07, 6.45) is 2.90. The lowest BCUT2D eigenvalue weighted by Crippen LogP contribution is -2.09. The predicted molar refractivity (Wildman–Crippen MR) is 90.5 cm³/mol. The summed E-state index contributed by atoms with van der Waals surface area (Å²) >= 11 is 0. The molecule has 0 saturated carbocycles. The van der Waals surface area contributed by atoms with Crippen LogP contribution in [0.3, 0.4) is 0 Å². The molecule has 0 spiro atoms. The monoisotopic (exact) mass is 280 g/mol. The van der Waals surface area contributed by atoms with Gasteiger partial charge in [-0.25, -0.2) is 0 Å². The molecule has 0 unspecified atom stereocenters. The van der Waals surface area contributed by atoms with Crippen LogP contribution in [0.25, 0.3) is 6.08 Å². The number of ether oxygens (including phenoxy) is 1. The van der Waals surface area contributed by atoms with Gasteiger partial charge in [-0.05, 0) is 40.7 Å². The molecule has 21 heavy (non-hydrogen) atoms. The quantitative estimate of drug-likeness (QED) is 0.703. The molecule has 0 amide bonds. The van der Waals surface area contributed by atoms with Gasteiger partial charge in [0.1, 0.15) is 12.4 Å². The van der Waals surface area contributed by atoms with Crippen molar-refractivity contribution in [2.45, 2.75) is 33.8 Å². The third-order valence-electron chi connectivity index (χ3n) is 3.25. The molecule has 0 fully saturated rings. The fraction of sp³-hybridized carbons (Fsp3) is 0.300. The average molecular weight is 280 g/mol. The van der Waals surface area contributed by atoms with Crippen molar-refractivity contribution in [1.82, 2.24) is 0 Å². The van der Waals surface area contributed by atoms with Crippen LogP contribution in [-0.4, -0.2) is 0 Å². The van der Waals surface area contributed by atoms with Crippen molar-refractivity contribution in [3.05, 3.63) is 71.8 Å². The lowest BCUT2D eigenvalue weighted by molar-refractivity contribution is 0.305. The number of rotatable bonds is 5. The second-order valence-corrected chi connectivity index (χ2v) is 6.62. The van der Waals surface area contributed by atoms with Crippen LogP contribution in [0.15, 0.2) is 55.1 Å². The Bertz CT molecular complexity index is 588. The van der Waals surface area contributed by atoms with Crippen molar-refractivity contribution in [1.29, 1.82) is 0 Å². The van der Waals surface area contributed by atoms with Gasteiger partial charge in [-0.1, -0.05) is 69.8 Å². The van der Waals surface area contributed by atoms with Crippen LogP contribution < -0.4 is 4.74 Å². The SMILES string of the molecule is C=Cc1ccc(COc2cccc(CC(C)(C)C)c2)cc1.